The molecule has 0 aromatic heterocycles. The number of hydrogen-bond donors (Lipinski definition) is 3. The summed E-state index contributed by atoms with van der Waals surface area (Å²) in [5, 5.41) is 25.2. The van der Waals surface area contributed by atoms with Gasteiger partial charge in [-0.1, -0.05) is 20.8 Å². The molecule has 192 valence electrons. The lowest BCUT2D eigenvalue weighted by atomic mass is 9.41. The number of fused-ring (bicyclic) bond motifs is 2. The molecule has 0 heterocycles. The molecule has 6 heteroatoms. The van der Waals surface area contributed by atoms with Crippen LogP contribution in [0.1, 0.15) is 79.6 Å². The summed E-state index contributed by atoms with van der Waals surface area (Å²) < 4.78 is 0. The van der Waals surface area contributed by atoms with Crippen molar-refractivity contribution in [2.75, 3.05) is 20.7 Å². The normalized spacial score (nSPS) is 54.5. The fraction of sp³-hybridized carbons (Fsp3) is 0.929. The van der Waals surface area contributed by atoms with Gasteiger partial charge >= 0.3 is 0 Å². The lowest BCUT2D eigenvalue weighted by molar-refractivity contribution is -0.173. The summed E-state index contributed by atoms with van der Waals surface area (Å²) in [7, 11) is 4.15. The molecule has 5 saturated carbocycles. The van der Waals surface area contributed by atoms with Gasteiger partial charge in [0.1, 0.15) is 5.78 Å². The minimum Gasteiger partial charge on any atom is -0.396 e. The third-order valence-electron chi connectivity index (χ3n) is 12.8. The van der Waals surface area contributed by atoms with Crippen LogP contribution in [-0.2, 0) is 9.59 Å². The van der Waals surface area contributed by atoms with Crippen LogP contribution in [0.3, 0.4) is 0 Å². The quantitative estimate of drug-likeness (QED) is 0.583. The van der Waals surface area contributed by atoms with Gasteiger partial charge in [-0.3, -0.25) is 9.59 Å². The molecule has 11 atom stereocenters. The minimum absolute atomic E-state index is 0.0371. The Bertz CT molecular complexity index is 907. The summed E-state index contributed by atoms with van der Waals surface area (Å²) in [4.78, 5) is 28.4. The monoisotopic (exact) mass is 474 g/mol. The largest absolute Gasteiger partial charge is 0.396 e. The average molecular weight is 475 g/mol. The van der Waals surface area contributed by atoms with E-state index in [2.05, 4.69) is 52.0 Å². The van der Waals surface area contributed by atoms with Gasteiger partial charge in [-0.25, -0.2) is 0 Å². The van der Waals surface area contributed by atoms with Crippen molar-refractivity contribution >= 4 is 11.7 Å². The molecule has 0 unspecified atom stereocenters. The van der Waals surface area contributed by atoms with Gasteiger partial charge in [-0.05, 0) is 87.6 Å². The lowest BCUT2D eigenvalue weighted by Gasteiger charge is -2.63. The number of carbonyl (C=O) groups is 2. The minimum atomic E-state index is -0.405. The molecule has 5 rings (SSSR count). The van der Waals surface area contributed by atoms with Gasteiger partial charge in [0.2, 0.25) is 5.91 Å². The maximum Gasteiger partial charge on any atom is 0.217 e. The Morgan fingerprint density at radius 3 is 2.38 bits per heavy atom. The van der Waals surface area contributed by atoms with Crippen molar-refractivity contribution in [3.8, 4) is 0 Å². The first-order chi connectivity index (χ1) is 15.7. The van der Waals surface area contributed by atoms with E-state index in [1.165, 1.54) is 0 Å². The molecule has 2 spiro atoms. The molecule has 0 bridgehead atoms. The molecule has 34 heavy (non-hydrogen) atoms. The average Bonchev–Trinajstić information content (AvgIpc) is 3.38. The molecule has 5 aliphatic rings. The van der Waals surface area contributed by atoms with Crippen LogP contribution in [0.2, 0.25) is 0 Å². The zero-order chi connectivity index (χ0) is 25.1. The lowest BCUT2D eigenvalue weighted by Crippen LogP contribution is -2.63. The van der Waals surface area contributed by atoms with Crippen LogP contribution in [0.5, 0.6) is 0 Å². The fourth-order valence-electron chi connectivity index (χ4n) is 10.9. The molecule has 0 aromatic rings. The number of aliphatic hydroxyl groups is 2. The van der Waals surface area contributed by atoms with Gasteiger partial charge < -0.3 is 20.4 Å². The molecule has 5 aliphatic carbocycles. The van der Waals surface area contributed by atoms with Gasteiger partial charge in [0.25, 0.3) is 0 Å². The van der Waals surface area contributed by atoms with E-state index in [9.17, 15) is 19.8 Å². The Morgan fingerprint density at radius 1 is 1.15 bits per heavy atom. The van der Waals surface area contributed by atoms with Crippen LogP contribution in [0, 0.1) is 44.8 Å². The van der Waals surface area contributed by atoms with Crippen molar-refractivity contribution in [3.05, 3.63) is 0 Å². The van der Waals surface area contributed by atoms with Crippen molar-refractivity contribution in [3.63, 3.8) is 0 Å². The van der Waals surface area contributed by atoms with E-state index in [1.54, 1.807) is 6.92 Å². The number of aliphatic hydroxyl groups excluding tert-OH is 2. The summed E-state index contributed by atoms with van der Waals surface area (Å²) in [6, 6.07) is 0.164. The van der Waals surface area contributed by atoms with E-state index < -0.39 is 5.41 Å². The first-order valence-corrected chi connectivity index (χ1v) is 13.5. The highest BCUT2D eigenvalue weighted by Gasteiger charge is 2.86. The zero-order valence-electron chi connectivity index (χ0n) is 22.3. The third-order valence-corrected chi connectivity index (χ3v) is 12.8. The summed E-state index contributed by atoms with van der Waals surface area (Å²) in [5.74, 6) is 0.992. The predicted octanol–water partition coefficient (Wildman–Crippen LogP) is 3.00. The Labute approximate surface area is 205 Å². The molecule has 5 fully saturated rings. The number of Topliss-reactive ketones (excluding diaryl/α,β-unsaturated/α-hetero) is 1. The first kappa shape index (κ1) is 24.7. The molecular formula is C28H46N2O4. The predicted molar refractivity (Wildman–Crippen MR) is 131 cm³/mol. The van der Waals surface area contributed by atoms with Crippen LogP contribution in [0.15, 0.2) is 0 Å². The first-order valence-electron chi connectivity index (χ1n) is 13.5. The number of rotatable bonds is 4. The molecular weight excluding hydrogens is 428 g/mol. The fourth-order valence-corrected chi connectivity index (χ4v) is 10.9. The smallest absolute Gasteiger partial charge is 0.217 e. The second-order valence-corrected chi connectivity index (χ2v) is 13.9. The molecule has 1 amide bonds. The topological polar surface area (TPSA) is 89.9 Å². The molecule has 0 aromatic carbocycles. The van der Waals surface area contributed by atoms with Gasteiger partial charge in [0.15, 0.2) is 0 Å². The molecule has 0 aliphatic heterocycles. The van der Waals surface area contributed by atoms with Gasteiger partial charge in [0.05, 0.1) is 12.7 Å². The summed E-state index contributed by atoms with van der Waals surface area (Å²) in [6.45, 7) is 10.6. The highest BCUT2D eigenvalue weighted by Crippen LogP contribution is 2.87. The SMILES string of the molecule is CC(=O)N[C@H]1CC[C@]23C[C@]24C(=O)C[C@]2(C)[C@@H]([C@H](C)N(C)C)[C@H](O)C[C@@]2(C)[C@@H]4CC[C@H]3[C@]1(C)CO. The van der Waals surface area contributed by atoms with E-state index in [0.717, 1.165) is 38.5 Å². The summed E-state index contributed by atoms with van der Waals surface area (Å²) in [6.07, 6.45) is 5.62. The van der Waals surface area contributed by atoms with Crippen LogP contribution >= 0.6 is 0 Å². The Kier molecular flexibility index (Phi) is 5.30. The highest BCUT2D eigenvalue weighted by atomic mass is 16.3. The van der Waals surface area contributed by atoms with Crippen molar-refractivity contribution in [2.24, 2.45) is 44.8 Å². The van der Waals surface area contributed by atoms with E-state index in [4.69, 9.17) is 0 Å². The standard InChI is InChI=1S/C28H46N2O4/c1-16(30(6)7)23-18(33)12-25(4)20-9-8-19-24(3,15-31)21(29-17(2)32)10-11-27(19)14-28(20,27)22(34)13-26(23,25)5/h16,18-21,23,31,33H,8-15H2,1-7H3,(H,29,32)/t16-,18+,19-,20-,21-,23-,24-,25-,26+,27+,28-/m0/s1. The van der Waals surface area contributed by atoms with Crippen LogP contribution < -0.4 is 5.32 Å². The Hall–Kier alpha value is -0.980. The van der Waals surface area contributed by atoms with Gasteiger partial charge in [0, 0.05) is 42.2 Å². The molecule has 0 radical (unpaired) electrons. The number of nitrogens with zero attached hydrogens (tertiary/aromatic N) is 1. The van der Waals surface area contributed by atoms with Crippen molar-refractivity contribution in [1.82, 2.24) is 10.2 Å². The number of carbonyl (C=O) groups excluding carboxylic acids is 2. The van der Waals surface area contributed by atoms with E-state index in [1.807, 2.05) is 0 Å². The molecule has 0 saturated heterocycles. The third kappa shape index (κ3) is 2.63. The van der Waals surface area contributed by atoms with E-state index in [-0.39, 0.29) is 70.1 Å². The molecule has 3 N–H and O–H groups in total. The number of amides is 1. The number of hydrogen-bond acceptors (Lipinski definition) is 5. The highest BCUT2D eigenvalue weighted by molar-refractivity contribution is 5.92. The maximum absolute atomic E-state index is 14.3. The van der Waals surface area contributed by atoms with Crippen molar-refractivity contribution in [1.29, 1.82) is 0 Å². The second-order valence-electron chi connectivity index (χ2n) is 13.9. The van der Waals surface area contributed by atoms with Crippen LogP contribution in [0.25, 0.3) is 0 Å². The van der Waals surface area contributed by atoms with Gasteiger partial charge in [-0.2, -0.15) is 0 Å². The summed E-state index contributed by atoms with van der Waals surface area (Å²) >= 11 is 0. The zero-order valence-corrected chi connectivity index (χ0v) is 22.3. The van der Waals surface area contributed by atoms with E-state index >= 15 is 0 Å². The number of nitrogens with one attached hydrogen (secondary N) is 1. The Balaban J connectivity index is 1.54. The van der Waals surface area contributed by atoms with Crippen molar-refractivity contribution < 1.29 is 19.8 Å². The van der Waals surface area contributed by atoms with Crippen molar-refractivity contribution in [2.45, 2.75) is 97.8 Å². The Morgan fingerprint density at radius 2 is 1.79 bits per heavy atom. The maximum atomic E-state index is 14.3. The molecule has 6 nitrogen and oxygen atoms in total. The number of ketones is 1. The van der Waals surface area contributed by atoms with Crippen LogP contribution in [0.4, 0.5) is 0 Å². The van der Waals surface area contributed by atoms with Crippen LogP contribution in [-0.4, -0.2) is 65.7 Å². The van der Waals surface area contributed by atoms with Gasteiger partial charge in [-0.15, -0.1) is 0 Å². The van der Waals surface area contributed by atoms with E-state index in [0.29, 0.717) is 12.2 Å². The second kappa shape index (κ2) is 7.29. The summed E-state index contributed by atoms with van der Waals surface area (Å²) in [5.41, 5.74) is -1.06.